The smallest absolute Gasteiger partial charge is 0.116 e. The molecule has 6 heteroatoms. The van der Waals surface area contributed by atoms with Gasteiger partial charge in [0.25, 0.3) is 0 Å². The Labute approximate surface area is 369 Å². The lowest BCUT2D eigenvalue weighted by Crippen LogP contribution is -2.15. The predicted octanol–water partition coefficient (Wildman–Crippen LogP) is 14.0. The molecule has 0 amide bonds. The Kier molecular flexibility index (Phi) is 6.88. The highest BCUT2D eigenvalue weighted by Crippen LogP contribution is 2.55. The zero-order chi connectivity index (χ0) is 42.6. The van der Waals surface area contributed by atoms with Gasteiger partial charge in [-0.15, -0.1) is 0 Å². The Balaban J connectivity index is 0.986. The maximum atomic E-state index is 5.00. The highest BCUT2D eigenvalue weighted by molar-refractivity contribution is 6.17. The molecule has 4 heterocycles. The Bertz CT molecular complexity index is 3770. The van der Waals surface area contributed by atoms with Gasteiger partial charge in [-0.2, -0.15) is 0 Å². The zero-order valence-corrected chi connectivity index (χ0v) is 35.8. The fourth-order valence-electron chi connectivity index (χ4n) is 12.1. The molecule has 0 fully saturated rings. The molecular weight excluding hydrogens is 781 g/mol. The lowest BCUT2D eigenvalue weighted by Gasteiger charge is -2.22. The van der Waals surface area contributed by atoms with Gasteiger partial charge in [0.05, 0.1) is 45.8 Å². The molecule has 0 radical (unpaired) electrons. The molecule has 2 aliphatic carbocycles. The summed E-state index contributed by atoms with van der Waals surface area (Å²) in [6, 6.07) is 53.8. The van der Waals surface area contributed by atoms with Crippen LogP contribution in [0.3, 0.4) is 0 Å². The minimum atomic E-state index is -0.191. The molecule has 14 rings (SSSR count). The van der Waals surface area contributed by atoms with Crippen LogP contribution in [0.5, 0.6) is 0 Å². The molecule has 0 unspecified atom stereocenters. The van der Waals surface area contributed by atoms with Crippen molar-refractivity contribution in [3.05, 3.63) is 193 Å². The molecule has 64 heavy (non-hydrogen) atoms. The first-order valence-corrected chi connectivity index (χ1v) is 22.1. The summed E-state index contributed by atoms with van der Waals surface area (Å²) in [5.41, 5.74) is 20.9. The largest absolute Gasteiger partial charge is 0.306 e. The summed E-state index contributed by atoms with van der Waals surface area (Å²) in [7, 11) is 0. The summed E-state index contributed by atoms with van der Waals surface area (Å²) < 4.78 is 4.77. The van der Waals surface area contributed by atoms with Crippen molar-refractivity contribution in [2.75, 3.05) is 0 Å². The van der Waals surface area contributed by atoms with Crippen molar-refractivity contribution < 1.29 is 0 Å². The van der Waals surface area contributed by atoms with Gasteiger partial charge >= 0.3 is 0 Å². The molecule has 0 saturated heterocycles. The summed E-state index contributed by atoms with van der Waals surface area (Å²) in [5, 5.41) is 7.08. The standard InChI is InChI=1S/C58H40N6/c1-57(2)43-19-11-9-15-37(43)41-23-27-47-51(53(41)57)55-49(29-59-31-61-55)63(47)45-25-21-35(33-13-5-7-17-39(33)45)36-22-26-46(40-18-8-6-14-34(36)40)64-48-28-24-42-38-16-10-12-20-44(38)58(3,4)54(42)52(48)56-50(64)30-60-32-62-56/h5-32H,1-4H3. The van der Waals surface area contributed by atoms with E-state index in [9.17, 15) is 0 Å². The first-order chi connectivity index (χ1) is 31.3. The Morgan fingerprint density at radius 2 is 0.750 bits per heavy atom. The summed E-state index contributed by atoms with van der Waals surface area (Å²) in [5.74, 6) is 0. The van der Waals surface area contributed by atoms with E-state index in [-0.39, 0.29) is 10.8 Å². The van der Waals surface area contributed by atoms with E-state index >= 15 is 0 Å². The number of aromatic nitrogens is 6. The molecule has 6 nitrogen and oxygen atoms in total. The van der Waals surface area contributed by atoms with Crippen molar-refractivity contribution in [2.45, 2.75) is 38.5 Å². The molecule has 302 valence electrons. The average molecular weight is 821 g/mol. The molecule has 0 bridgehead atoms. The third kappa shape index (κ3) is 4.39. The van der Waals surface area contributed by atoms with Gasteiger partial charge < -0.3 is 9.13 Å². The summed E-state index contributed by atoms with van der Waals surface area (Å²) in [4.78, 5) is 19.2. The average Bonchev–Trinajstić information content (AvgIpc) is 4.00. The van der Waals surface area contributed by atoms with Crippen LogP contribution in [0, 0.1) is 0 Å². The Morgan fingerprint density at radius 1 is 0.359 bits per heavy atom. The van der Waals surface area contributed by atoms with E-state index in [0.717, 1.165) is 55.2 Å². The second-order valence-electron chi connectivity index (χ2n) is 18.6. The van der Waals surface area contributed by atoms with Gasteiger partial charge in [-0.3, -0.25) is 0 Å². The van der Waals surface area contributed by atoms with E-state index in [1.165, 1.54) is 77.2 Å². The van der Waals surface area contributed by atoms with Crippen molar-refractivity contribution in [3.8, 4) is 44.8 Å². The highest BCUT2D eigenvalue weighted by atomic mass is 15.0. The van der Waals surface area contributed by atoms with Crippen LogP contribution in [0.4, 0.5) is 0 Å². The number of rotatable bonds is 3. The molecule has 0 aliphatic heterocycles. The third-order valence-corrected chi connectivity index (χ3v) is 14.8. The minimum absolute atomic E-state index is 0.191. The van der Waals surface area contributed by atoms with E-state index in [1.807, 2.05) is 12.4 Å². The number of hydrogen-bond acceptors (Lipinski definition) is 4. The van der Waals surface area contributed by atoms with Gasteiger partial charge in [-0.05, 0) is 90.7 Å². The van der Waals surface area contributed by atoms with Crippen LogP contribution >= 0.6 is 0 Å². The fourth-order valence-corrected chi connectivity index (χ4v) is 12.1. The van der Waals surface area contributed by atoms with Crippen LogP contribution in [0.1, 0.15) is 49.9 Å². The van der Waals surface area contributed by atoms with Gasteiger partial charge in [0.15, 0.2) is 0 Å². The van der Waals surface area contributed by atoms with Crippen LogP contribution < -0.4 is 0 Å². The molecular formula is C58H40N6. The van der Waals surface area contributed by atoms with Crippen LogP contribution in [-0.2, 0) is 10.8 Å². The first kappa shape index (κ1) is 35.6. The molecule has 0 atom stereocenters. The van der Waals surface area contributed by atoms with Crippen molar-refractivity contribution in [3.63, 3.8) is 0 Å². The third-order valence-electron chi connectivity index (χ3n) is 14.8. The van der Waals surface area contributed by atoms with Gasteiger partial charge in [0.2, 0.25) is 0 Å². The summed E-state index contributed by atoms with van der Waals surface area (Å²) in [6.45, 7) is 9.40. The lowest BCUT2D eigenvalue weighted by atomic mass is 9.81. The molecule has 0 spiro atoms. The van der Waals surface area contributed by atoms with Gasteiger partial charge in [-0.25, -0.2) is 19.9 Å². The van der Waals surface area contributed by atoms with E-state index in [1.54, 1.807) is 12.7 Å². The molecule has 4 aromatic heterocycles. The summed E-state index contributed by atoms with van der Waals surface area (Å²) >= 11 is 0. The van der Waals surface area contributed by atoms with Crippen molar-refractivity contribution in [1.82, 2.24) is 29.1 Å². The van der Waals surface area contributed by atoms with Crippen molar-refractivity contribution in [1.29, 1.82) is 0 Å². The number of nitrogens with zero attached hydrogens (tertiary/aromatic N) is 6. The number of benzene rings is 8. The molecule has 12 aromatic rings. The second-order valence-corrected chi connectivity index (χ2v) is 18.6. The monoisotopic (exact) mass is 820 g/mol. The Morgan fingerprint density at radius 3 is 1.20 bits per heavy atom. The normalized spacial score (nSPS) is 14.5. The van der Waals surface area contributed by atoms with E-state index in [0.29, 0.717) is 0 Å². The summed E-state index contributed by atoms with van der Waals surface area (Å²) in [6.07, 6.45) is 7.34. The highest BCUT2D eigenvalue weighted by Gasteiger charge is 2.40. The van der Waals surface area contributed by atoms with Crippen molar-refractivity contribution >= 4 is 65.4 Å². The van der Waals surface area contributed by atoms with E-state index in [4.69, 9.17) is 9.97 Å². The lowest BCUT2D eigenvalue weighted by molar-refractivity contribution is 0.666. The quantitative estimate of drug-likeness (QED) is 0.178. The maximum Gasteiger partial charge on any atom is 0.116 e. The van der Waals surface area contributed by atoms with Crippen molar-refractivity contribution in [2.24, 2.45) is 0 Å². The predicted molar refractivity (Wildman–Crippen MR) is 262 cm³/mol. The van der Waals surface area contributed by atoms with Crippen LogP contribution in [0.25, 0.3) is 110 Å². The molecule has 0 saturated carbocycles. The Hall–Kier alpha value is -7.96. The number of fused-ring (bicyclic) bond motifs is 16. The first-order valence-electron chi connectivity index (χ1n) is 22.1. The molecule has 8 aromatic carbocycles. The molecule has 0 N–H and O–H groups in total. The minimum Gasteiger partial charge on any atom is -0.306 e. The maximum absolute atomic E-state index is 5.00. The van der Waals surface area contributed by atoms with Gasteiger partial charge in [-0.1, -0.05) is 149 Å². The number of hydrogen-bond donors (Lipinski definition) is 0. The second kappa shape index (κ2) is 12.4. The van der Waals surface area contributed by atoms with Gasteiger partial charge in [0.1, 0.15) is 23.7 Å². The SMILES string of the molecule is CC1(C)c2ccccc2-c2ccc3c(c21)c1ncncc1n3-c1ccc(-c2ccc(-n3c4cncnc4c4c5c(ccc43)-c3ccccc3C5(C)C)c3ccccc23)c2ccccc12. The van der Waals surface area contributed by atoms with Crippen LogP contribution in [-0.4, -0.2) is 29.1 Å². The van der Waals surface area contributed by atoms with Gasteiger partial charge in [0, 0.05) is 32.4 Å². The zero-order valence-electron chi connectivity index (χ0n) is 35.8. The van der Waals surface area contributed by atoms with E-state index < -0.39 is 0 Å². The topological polar surface area (TPSA) is 61.4 Å². The van der Waals surface area contributed by atoms with Crippen LogP contribution in [0.15, 0.2) is 171 Å². The van der Waals surface area contributed by atoms with Crippen LogP contribution in [0.2, 0.25) is 0 Å². The van der Waals surface area contributed by atoms with E-state index in [2.05, 4.69) is 192 Å². The molecule has 2 aliphatic rings. The fraction of sp³-hybridized carbons (Fsp3) is 0.103.